The third kappa shape index (κ3) is 3.85. The summed E-state index contributed by atoms with van der Waals surface area (Å²) in [6.07, 6.45) is -4.40. The molecule has 0 aliphatic rings. The number of hydrogen-bond acceptors (Lipinski definition) is 3. The van der Waals surface area contributed by atoms with Gasteiger partial charge in [0.25, 0.3) is 0 Å². The molecule has 0 aliphatic carbocycles. The van der Waals surface area contributed by atoms with Crippen LogP contribution in [0.4, 0.5) is 13.2 Å². The molecule has 9 heteroatoms. The first kappa shape index (κ1) is 23.2. The Kier molecular flexibility index (Phi) is 4.94. The summed E-state index contributed by atoms with van der Waals surface area (Å²) >= 11 is 0. The van der Waals surface area contributed by atoms with Crippen LogP contribution in [0.25, 0.3) is 50.7 Å². The predicted octanol–water partition coefficient (Wildman–Crippen LogP) is 7.27. The number of hydrogen-bond donors (Lipinski definition) is 0. The zero-order valence-electron chi connectivity index (χ0n) is 21.0. The van der Waals surface area contributed by atoms with E-state index in [0.717, 1.165) is 51.4 Å². The van der Waals surface area contributed by atoms with Gasteiger partial charge in [0.2, 0.25) is 0 Å². The second kappa shape index (κ2) is 8.29. The van der Waals surface area contributed by atoms with Crippen LogP contribution in [0.2, 0.25) is 0 Å². The summed E-state index contributed by atoms with van der Waals surface area (Å²) in [5.74, 6) is 0. The van der Waals surface area contributed by atoms with E-state index in [1.54, 1.807) is 13.5 Å². The summed E-state index contributed by atoms with van der Waals surface area (Å²) in [6.45, 7) is 4.07. The highest BCUT2D eigenvalue weighted by Crippen LogP contribution is 2.32. The third-order valence-electron chi connectivity index (χ3n) is 6.93. The van der Waals surface area contributed by atoms with Crippen LogP contribution in [-0.2, 0) is 6.18 Å². The highest BCUT2D eigenvalue weighted by atomic mass is 19.4. The lowest BCUT2D eigenvalue weighted by Crippen LogP contribution is -2.04. The van der Waals surface area contributed by atoms with Gasteiger partial charge in [-0.1, -0.05) is 71.8 Å². The number of alkyl halides is 3. The Morgan fingerprint density at radius 1 is 0.487 bits per heavy atom. The largest absolute Gasteiger partial charge is 0.416 e. The normalized spacial score (nSPS) is 12.2. The molecule has 4 heterocycles. The van der Waals surface area contributed by atoms with E-state index in [1.165, 1.54) is 12.1 Å². The van der Waals surface area contributed by atoms with E-state index in [2.05, 4.69) is 0 Å². The molecule has 0 saturated carbocycles. The molecule has 0 aliphatic heterocycles. The molecule has 0 unspecified atom stereocenters. The number of benzene rings is 3. The maximum Gasteiger partial charge on any atom is 0.416 e. The van der Waals surface area contributed by atoms with Gasteiger partial charge in [-0.3, -0.25) is 0 Å². The standard InChI is InChI=1S/C30H21F3N6/c1-18-3-7-20(8-4-18)24-15-27-37-28(16-25(34-37)21-9-5-19(2)6-10-21)39-29(38(27)35-24)17-26(36-39)22-11-13-23(14-12-22)30(31,32)33/h3-17H,1-2H3. The summed E-state index contributed by atoms with van der Waals surface area (Å²) < 4.78 is 44.7. The number of rotatable bonds is 3. The number of halogens is 3. The molecule has 192 valence electrons. The van der Waals surface area contributed by atoms with Crippen LogP contribution in [0.3, 0.4) is 0 Å². The van der Waals surface area contributed by atoms with Gasteiger partial charge in [0.15, 0.2) is 16.9 Å². The van der Waals surface area contributed by atoms with Crippen molar-refractivity contribution in [1.82, 2.24) is 28.8 Å². The lowest BCUT2D eigenvalue weighted by atomic mass is 10.1. The maximum absolute atomic E-state index is 13.1. The Morgan fingerprint density at radius 2 is 0.795 bits per heavy atom. The fourth-order valence-corrected chi connectivity index (χ4v) is 4.77. The van der Waals surface area contributed by atoms with Gasteiger partial charge in [-0.05, 0) is 26.0 Å². The topological polar surface area (TPSA) is 51.9 Å². The summed E-state index contributed by atoms with van der Waals surface area (Å²) in [5.41, 5.74) is 8.29. The first-order valence-electron chi connectivity index (χ1n) is 12.4. The van der Waals surface area contributed by atoms with E-state index in [1.807, 2.05) is 80.6 Å². The van der Waals surface area contributed by atoms with Crippen molar-refractivity contribution in [3.8, 4) is 33.8 Å². The van der Waals surface area contributed by atoms with Gasteiger partial charge in [-0.2, -0.15) is 42.0 Å². The highest BCUT2D eigenvalue weighted by Gasteiger charge is 2.30. The molecule has 0 radical (unpaired) electrons. The van der Waals surface area contributed by atoms with Crippen LogP contribution in [0, 0.1) is 13.8 Å². The molecule has 4 aromatic heterocycles. The zero-order chi connectivity index (χ0) is 26.9. The Hall–Kier alpha value is -4.92. The van der Waals surface area contributed by atoms with Gasteiger partial charge < -0.3 is 0 Å². The second-order valence-electron chi connectivity index (χ2n) is 9.71. The summed E-state index contributed by atoms with van der Waals surface area (Å²) in [7, 11) is 0. The van der Waals surface area contributed by atoms with Gasteiger partial charge in [-0.15, -0.1) is 0 Å². The van der Waals surface area contributed by atoms with Gasteiger partial charge in [0.1, 0.15) is 0 Å². The average Bonchev–Trinajstić information content (AvgIpc) is 3.65. The molecular weight excluding hydrogens is 501 g/mol. The lowest BCUT2D eigenvalue weighted by Gasteiger charge is -2.06. The molecule has 0 N–H and O–H groups in total. The quantitative estimate of drug-likeness (QED) is 0.245. The van der Waals surface area contributed by atoms with Crippen molar-refractivity contribution in [2.45, 2.75) is 20.0 Å². The van der Waals surface area contributed by atoms with Crippen molar-refractivity contribution in [1.29, 1.82) is 0 Å². The minimum Gasteiger partial charge on any atom is -0.196 e. The van der Waals surface area contributed by atoms with Gasteiger partial charge in [0.05, 0.1) is 22.6 Å². The Labute approximate surface area is 220 Å². The fourth-order valence-electron chi connectivity index (χ4n) is 4.77. The Balaban J connectivity index is 1.48. The zero-order valence-corrected chi connectivity index (χ0v) is 21.0. The monoisotopic (exact) mass is 522 g/mol. The molecule has 0 bridgehead atoms. The van der Waals surface area contributed by atoms with Crippen molar-refractivity contribution < 1.29 is 13.2 Å². The average molecular weight is 523 g/mol. The first-order valence-corrected chi connectivity index (χ1v) is 12.4. The van der Waals surface area contributed by atoms with E-state index in [0.29, 0.717) is 22.6 Å². The smallest absolute Gasteiger partial charge is 0.196 e. The molecule has 3 aromatic carbocycles. The Bertz CT molecular complexity index is 1870. The molecule has 7 aromatic rings. The minimum atomic E-state index is -4.40. The maximum atomic E-state index is 13.1. The molecule has 0 saturated heterocycles. The minimum absolute atomic E-state index is 0.531. The molecular formula is C30H21F3N6. The highest BCUT2D eigenvalue weighted by molar-refractivity contribution is 5.75. The SMILES string of the molecule is Cc1ccc(-c2cc3n(n2)c2cc(-c4ccc(C)cc4)nn2c2cc(-c4ccc(C(F)(F)F)cc4)nn32)cc1. The van der Waals surface area contributed by atoms with Crippen molar-refractivity contribution in [3.05, 3.63) is 108 Å². The van der Waals surface area contributed by atoms with Gasteiger partial charge in [-0.25, -0.2) is 0 Å². The van der Waals surface area contributed by atoms with Crippen LogP contribution < -0.4 is 0 Å². The second-order valence-corrected chi connectivity index (χ2v) is 9.71. The van der Waals surface area contributed by atoms with Crippen molar-refractivity contribution in [2.24, 2.45) is 0 Å². The number of aromatic nitrogens is 6. The molecule has 6 nitrogen and oxygen atoms in total. The number of fused-ring (bicyclic) bond motifs is 6. The molecule has 0 spiro atoms. The molecule has 0 atom stereocenters. The number of aryl methyl sites for hydroxylation is 2. The van der Waals surface area contributed by atoms with Crippen LogP contribution in [0.5, 0.6) is 0 Å². The van der Waals surface area contributed by atoms with E-state index >= 15 is 0 Å². The van der Waals surface area contributed by atoms with Gasteiger partial charge in [0, 0.05) is 34.9 Å². The van der Waals surface area contributed by atoms with E-state index in [9.17, 15) is 13.2 Å². The summed E-state index contributed by atoms with van der Waals surface area (Å²) in [5, 5.41) is 14.6. The van der Waals surface area contributed by atoms with Crippen LogP contribution in [0.1, 0.15) is 16.7 Å². The van der Waals surface area contributed by atoms with Crippen molar-refractivity contribution >= 4 is 16.9 Å². The molecule has 39 heavy (non-hydrogen) atoms. The first-order chi connectivity index (χ1) is 18.7. The lowest BCUT2D eigenvalue weighted by molar-refractivity contribution is -0.137. The number of nitrogens with zero attached hydrogens (tertiary/aromatic N) is 6. The summed E-state index contributed by atoms with van der Waals surface area (Å²) in [4.78, 5) is 0. The van der Waals surface area contributed by atoms with E-state index < -0.39 is 11.7 Å². The summed E-state index contributed by atoms with van der Waals surface area (Å²) in [6, 6.07) is 27.0. The van der Waals surface area contributed by atoms with Crippen molar-refractivity contribution in [3.63, 3.8) is 0 Å². The molecule has 7 rings (SSSR count). The van der Waals surface area contributed by atoms with Crippen molar-refractivity contribution in [2.75, 3.05) is 0 Å². The van der Waals surface area contributed by atoms with E-state index in [4.69, 9.17) is 15.3 Å². The fraction of sp³-hybridized carbons (Fsp3) is 0.100. The van der Waals surface area contributed by atoms with Crippen LogP contribution in [0.15, 0.2) is 91.0 Å². The Morgan fingerprint density at radius 3 is 1.10 bits per heavy atom. The predicted molar refractivity (Wildman–Crippen MR) is 143 cm³/mol. The van der Waals surface area contributed by atoms with Gasteiger partial charge >= 0.3 is 6.18 Å². The van der Waals surface area contributed by atoms with E-state index in [-0.39, 0.29) is 0 Å². The molecule has 0 fully saturated rings. The molecule has 0 amide bonds. The van der Waals surface area contributed by atoms with Crippen LogP contribution >= 0.6 is 0 Å². The third-order valence-corrected chi connectivity index (χ3v) is 6.93. The van der Waals surface area contributed by atoms with Crippen LogP contribution in [-0.4, -0.2) is 28.8 Å².